The summed E-state index contributed by atoms with van der Waals surface area (Å²) in [6.07, 6.45) is 5.53. The first-order valence-corrected chi connectivity index (χ1v) is 9.08. The zero-order chi connectivity index (χ0) is 18.1. The molecule has 4 rings (SSSR count). The van der Waals surface area contributed by atoms with E-state index in [0.717, 1.165) is 6.42 Å². The fourth-order valence-electron chi connectivity index (χ4n) is 3.84. The number of carbonyl (C=O) groups excluding carboxylic acids is 2. The highest BCUT2D eigenvalue weighted by atomic mass is 19.1. The average molecular weight is 355 g/mol. The molecule has 2 amide bonds. The van der Waals surface area contributed by atoms with Crippen LogP contribution in [-0.2, 0) is 10.2 Å². The third-order valence-electron chi connectivity index (χ3n) is 5.46. The van der Waals surface area contributed by atoms with Crippen LogP contribution in [0.1, 0.15) is 35.2 Å². The molecule has 1 aliphatic carbocycles. The Hall–Kier alpha value is -2.63. The van der Waals surface area contributed by atoms with Gasteiger partial charge in [0.05, 0.1) is 11.0 Å². The monoisotopic (exact) mass is 355 g/mol. The number of nitrogens with zero attached hydrogens (tertiary/aromatic N) is 2. The number of H-pyrrole nitrogens is 1. The second-order valence-electron chi connectivity index (χ2n) is 7.10. The molecule has 1 saturated heterocycles. The van der Waals surface area contributed by atoms with Crippen LogP contribution in [0.3, 0.4) is 0 Å². The summed E-state index contributed by atoms with van der Waals surface area (Å²) < 4.78 is 14.2. The van der Waals surface area contributed by atoms with Gasteiger partial charge < -0.3 is 14.8 Å². The summed E-state index contributed by atoms with van der Waals surface area (Å²) in [4.78, 5) is 32.2. The topological polar surface area (TPSA) is 56.4 Å². The smallest absolute Gasteiger partial charge is 0.255 e. The van der Waals surface area contributed by atoms with Crippen LogP contribution in [0, 0.1) is 5.82 Å². The van der Waals surface area contributed by atoms with Crippen LogP contribution in [0.25, 0.3) is 0 Å². The van der Waals surface area contributed by atoms with Gasteiger partial charge in [0, 0.05) is 44.1 Å². The average Bonchev–Trinajstić information content (AvgIpc) is 3.34. The van der Waals surface area contributed by atoms with E-state index in [9.17, 15) is 14.0 Å². The molecule has 1 aromatic carbocycles. The van der Waals surface area contributed by atoms with Crippen LogP contribution in [0.15, 0.2) is 42.7 Å². The third-order valence-corrected chi connectivity index (χ3v) is 5.46. The molecule has 5 nitrogen and oxygen atoms in total. The lowest BCUT2D eigenvalue weighted by Gasteiger charge is -2.27. The van der Waals surface area contributed by atoms with Gasteiger partial charge in [0.2, 0.25) is 5.91 Å². The van der Waals surface area contributed by atoms with E-state index in [4.69, 9.17) is 0 Å². The van der Waals surface area contributed by atoms with Gasteiger partial charge in [0.25, 0.3) is 5.91 Å². The Labute approximate surface area is 151 Å². The van der Waals surface area contributed by atoms with Crippen LogP contribution in [0.2, 0.25) is 0 Å². The number of rotatable bonds is 3. The maximum Gasteiger partial charge on any atom is 0.255 e. The van der Waals surface area contributed by atoms with Crippen LogP contribution in [0.4, 0.5) is 4.39 Å². The molecule has 1 saturated carbocycles. The van der Waals surface area contributed by atoms with Gasteiger partial charge in [-0.05, 0) is 31.4 Å². The Kier molecular flexibility index (Phi) is 4.26. The molecule has 1 aromatic heterocycles. The molecule has 2 fully saturated rings. The van der Waals surface area contributed by atoms with Gasteiger partial charge in [-0.25, -0.2) is 4.39 Å². The molecule has 0 atom stereocenters. The summed E-state index contributed by atoms with van der Waals surface area (Å²) in [5.74, 6) is -0.327. The van der Waals surface area contributed by atoms with Gasteiger partial charge in [-0.2, -0.15) is 0 Å². The molecular weight excluding hydrogens is 333 g/mol. The molecule has 0 radical (unpaired) electrons. The van der Waals surface area contributed by atoms with Crippen molar-refractivity contribution in [1.29, 1.82) is 0 Å². The predicted octanol–water partition coefficient (Wildman–Crippen LogP) is 2.56. The second kappa shape index (κ2) is 6.59. The SMILES string of the molecule is O=C(c1cc[nH]c1)N1CCCN(C(=O)C2(c3ccccc3F)CC2)CC1. The number of benzene rings is 1. The molecule has 6 heteroatoms. The Balaban J connectivity index is 1.47. The van der Waals surface area contributed by atoms with Crippen molar-refractivity contribution in [2.24, 2.45) is 0 Å². The maximum absolute atomic E-state index is 14.2. The van der Waals surface area contributed by atoms with Crippen molar-refractivity contribution >= 4 is 11.8 Å². The molecule has 2 heterocycles. The molecular formula is C20H22FN3O2. The molecule has 2 aromatic rings. The van der Waals surface area contributed by atoms with E-state index in [-0.39, 0.29) is 17.6 Å². The maximum atomic E-state index is 14.2. The Morgan fingerprint density at radius 2 is 1.73 bits per heavy atom. The number of amides is 2. The highest BCUT2D eigenvalue weighted by molar-refractivity contribution is 5.94. The van der Waals surface area contributed by atoms with Crippen molar-refractivity contribution in [3.8, 4) is 0 Å². The van der Waals surface area contributed by atoms with E-state index in [1.54, 1.807) is 41.6 Å². The number of carbonyl (C=O) groups is 2. The third kappa shape index (κ3) is 2.89. The first-order valence-electron chi connectivity index (χ1n) is 9.08. The first kappa shape index (κ1) is 16.8. The number of hydrogen-bond donors (Lipinski definition) is 1. The molecule has 0 spiro atoms. The fraction of sp³-hybridized carbons (Fsp3) is 0.400. The first-order chi connectivity index (χ1) is 12.6. The predicted molar refractivity (Wildman–Crippen MR) is 95.2 cm³/mol. The number of nitrogens with one attached hydrogen (secondary N) is 1. The highest BCUT2D eigenvalue weighted by Gasteiger charge is 2.54. The largest absolute Gasteiger partial charge is 0.367 e. The van der Waals surface area contributed by atoms with Crippen molar-refractivity contribution in [2.45, 2.75) is 24.7 Å². The number of aromatic amines is 1. The van der Waals surface area contributed by atoms with Crippen LogP contribution < -0.4 is 0 Å². The number of halogens is 1. The van der Waals surface area contributed by atoms with Gasteiger partial charge in [0.1, 0.15) is 5.82 Å². The standard InChI is InChI=1S/C20H22FN3O2/c21-17-5-2-1-4-16(17)20(7-8-20)19(26)24-11-3-10-23(12-13-24)18(25)15-6-9-22-14-15/h1-2,4-6,9,14,22H,3,7-8,10-13H2. The summed E-state index contributed by atoms with van der Waals surface area (Å²) in [5, 5.41) is 0. The highest BCUT2D eigenvalue weighted by Crippen LogP contribution is 2.50. The van der Waals surface area contributed by atoms with Crippen molar-refractivity contribution in [1.82, 2.24) is 14.8 Å². The summed E-state index contributed by atoms with van der Waals surface area (Å²) >= 11 is 0. The van der Waals surface area contributed by atoms with Crippen LogP contribution in [0.5, 0.6) is 0 Å². The molecule has 0 unspecified atom stereocenters. The molecule has 2 aliphatic rings. The Bertz CT molecular complexity index is 814. The summed E-state index contributed by atoms with van der Waals surface area (Å²) in [6, 6.07) is 8.33. The Morgan fingerprint density at radius 1 is 1.00 bits per heavy atom. The van der Waals surface area contributed by atoms with Gasteiger partial charge >= 0.3 is 0 Å². The second-order valence-corrected chi connectivity index (χ2v) is 7.10. The zero-order valence-electron chi connectivity index (χ0n) is 14.6. The van der Waals surface area contributed by atoms with Crippen molar-refractivity contribution in [2.75, 3.05) is 26.2 Å². The van der Waals surface area contributed by atoms with E-state index in [1.807, 2.05) is 4.90 Å². The molecule has 136 valence electrons. The van der Waals surface area contributed by atoms with E-state index in [2.05, 4.69) is 4.98 Å². The molecule has 1 aliphatic heterocycles. The van der Waals surface area contributed by atoms with Crippen molar-refractivity contribution in [3.63, 3.8) is 0 Å². The summed E-state index contributed by atoms with van der Waals surface area (Å²) in [7, 11) is 0. The van der Waals surface area contributed by atoms with E-state index < -0.39 is 5.41 Å². The summed E-state index contributed by atoms with van der Waals surface area (Å²) in [6.45, 7) is 2.22. The normalized spacial score (nSPS) is 19.1. The molecule has 1 N–H and O–H groups in total. The minimum Gasteiger partial charge on any atom is -0.367 e. The lowest BCUT2D eigenvalue weighted by molar-refractivity contribution is -0.133. The number of hydrogen-bond acceptors (Lipinski definition) is 2. The van der Waals surface area contributed by atoms with E-state index in [1.165, 1.54) is 6.07 Å². The van der Waals surface area contributed by atoms with Gasteiger partial charge in [-0.15, -0.1) is 0 Å². The minimum atomic E-state index is -0.703. The molecule has 26 heavy (non-hydrogen) atoms. The zero-order valence-corrected chi connectivity index (χ0v) is 14.6. The van der Waals surface area contributed by atoms with E-state index in [0.29, 0.717) is 50.1 Å². The van der Waals surface area contributed by atoms with Crippen molar-refractivity contribution < 1.29 is 14.0 Å². The van der Waals surface area contributed by atoms with Crippen molar-refractivity contribution in [3.05, 3.63) is 59.7 Å². The lowest BCUT2D eigenvalue weighted by Crippen LogP contribution is -2.42. The van der Waals surface area contributed by atoms with Gasteiger partial charge in [0.15, 0.2) is 0 Å². The van der Waals surface area contributed by atoms with Crippen LogP contribution >= 0.6 is 0 Å². The minimum absolute atomic E-state index is 0.00135. The van der Waals surface area contributed by atoms with Gasteiger partial charge in [-0.1, -0.05) is 18.2 Å². The quantitative estimate of drug-likeness (QED) is 0.920. The van der Waals surface area contributed by atoms with Gasteiger partial charge in [-0.3, -0.25) is 9.59 Å². The fourth-order valence-corrected chi connectivity index (χ4v) is 3.84. The molecule has 0 bridgehead atoms. The lowest BCUT2D eigenvalue weighted by atomic mass is 9.93. The summed E-state index contributed by atoms with van der Waals surface area (Å²) in [5.41, 5.74) is 0.440. The number of aromatic nitrogens is 1. The van der Waals surface area contributed by atoms with Crippen LogP contribution in [-0.4, -0.2) is 52.8 Å². The van der Waals surface area contributed by atoms with E-state index >= 15 is 0 Å². The Morgan fingerprint density at radius 3 is 2.42 bits per heavy atom.